The van der Waals surface area contributed by atoms with Crippen molar-refractivity contribution in [1.82, 2.24) is 0 Å². The molecule has 0 aliphatic carbocycles. The van der Waals surface area contributed by atoms with Crippen LogP contribution in [0, 0.1) is 18.8 Å². The lowest BCUT2D eigenvalue weighted by molar-refractivity contribution is -0.147. The van der Waals surface area contributed by atoms with E-state index in [9.17, 15) is 14.7 Å². The molecule has 0 saturated carbocycles. The Balaban J connectivity index is 1.78. The van der Waals surface area contributed by atoms with Crippen molar-refractivity contribution in [2.75, 3.05) is 5.32 Å². The Kier molecular flexibility index (Phi) is 3.63. The molecular weight excluding hydrogens is 294 g/mol. The van der Waals surface area contributed by atoms with Gasteiger partial charge in [0.1, 0.15) is 0 Å². The molecule has 2 bridgehead atoms. The van der Waals surface area contributed by atoms with Gasteiger partial charge in [0.15, 0.2) is 0 Å². The van der Waals surface area contributed by atoms with Crippen LogP contribution in [-0.4, -0.2) is 29.2 Å². The van der Waals surface area contributed by atoms with E-state index in [4.69, 9.17) is 16.3 Å². The monoisotopic (exact) mass is 309 g/mol. The van der Waals surface area contributed by atoms with Crippen LogP contribution < -0.4 is 5.32 Å². The number of amides is 1. The summed E-state index contributed by atoms with van der Waals surface area (Å²) in [5, 5.41) is 12.6. The van der Waals surface area contributed by atoms with Crippen LogP contribution in [0.1, 0.15) is 18.4 Å². The van der Waals surface area contributed by atoms with E-state index >= 15 is 0 Å². The topological polar surface area (TPSA) is 75.6 Å². The van der Waals surface area contributed by atoms with Crippen molar-refractivity contribution in [3.8, 4) is 0 Å². The summed E-state index contributed by atoms with van der Waals surface area (Å²) in [6, 6.07) is 5.23. The number of benzene rings is 1. The molecule has 1 aromatic rings. The third-order valence-corrected chi connectivity index (χ3v) is 4.71. The molecule has 0 radical (unpaired) electrons. The summed E-state index contributed by atoms with van der Waals surface area (Å²) in [6.45, 7) is 1.87. The smallest absolute Gasteiger partial charge is 0.310 e. The fraction of sp³-hybridized carbons (Fsp3) is 0.467. The highest BCUT2D eigenvalue weighted by Gasteiger charge is 2.55. The summed E-state index contributed by atoms with van der Waals surface area (Å²) < 4.78 is 5.59. The van der Waals surface area contributed by atoms with Crippen molar-refractivity contribution >= 4 is 29.2 Å². The molecule has 1 amide bonds. The predicted octanol–water partition coefficient (Wildman–Crippen LogP) is 2.47. The third kappa shape index (κ3) is 2.51. The van der Waals surface area contributed by atoms with Gasteiger partial charge < -0.3 is 15.2 Å². The zero-order valence-electron chi connectivity index (χ0n) is 11.5. The van der Waals surface area contributed by atoms with Gasteiger partial charge >= 0.3 is 5.97 Å². The number of anilines is 1. The lowest BCUT2D eigenvalue weighted by atomic mass is 9.78. The average molecular weight is 310 g/mol. The van der Waals surface area contributed by atoms with Crippen LogP contribution in [0.5, 0.6) is 0 Å². The fourth-order valence-corrected chi connectivity index (χ4v) is 3.40. The largest absolute Gasteiger partial charge is 0.481 e. The van der Waals surface area contributed by atoms with Crippen LogP contribution in [-0.2, 0) is 14.3 Å². The number of hydrogen-bond acceptors (Lipinski definition) is 3. The maximum absolute atomic E-state index is 12.4. The quantitative estimate of drug-likeness (QED) is 0.899. The number of aryl methyl sites for hydroxylation is 1. The Bertz CT molecular complexity index is 603. The second-order valence-electron chi connectivity index (χ2n) is 5.63. The summed E-state index contributed by atoms with van der Waals surface area (Å²) in [7, 11) is 0. The number of nitrogens with one attached hydrogen (secondary N) is 1. The number of carbonyl (C=O) groups is 2. The molecule has 21 heavy (non-hydrogen) atoms. The van der Waals surface area contributed by atoms with Gasteiger partial charge in [-0.15, -0.1) is 0 Å². The Morgan fingerprint density at radius 1 is 1.29 bits per heavy atom. The lowest BCUT2D eigenvalue weighted by Gasteiger charge is -2.23. The van der Waals surface area contributed by atoms with E-state index in [1.165, 1.54) is 0 Å². The number of carboxylic acid groups (broad SMARTS) is 1. The Morgan fingerprint density at radius 2 is 1.95 bits per heavy atom. The summed E-state index contributed by atoms with van der Waals surface area (Å²) in [5.74, 6) is -2.68. The van der Waals surface area contributed by atoms with Crippen LogP contribution in [0.3, 0.4) is 0 Å². The molecule has 5 nitrogen and oxygen atoms in total. The van der Waals surface area contributed by atoms with Gasteiger partial charge in [0.2, 0.25) is 5.91 Å². The molecular formula is C15H16ClNO4. The third-order valence-electron chi connectivity index (χ3n) is 4.30. The molecule has 2 saturated heterocycles. The van der Waals surface area contributed by atoms with Crippen molar-refractivity contribution in [2.24, 2.45) is 11.8 Å². The number of halogens is 1. The maximum atomic E-state index is 12.4. The Morgan fingerprint density at radius 3 is 2.57 bits per heavy atom. The van der Waals surface area contributed by atoms with Gasteiger partial charge in [0, 0.05) is 10.7 Å². The number of rotatable bonds is 3. The van der Waals surface area contributed by atoms with Crippen molar-refractivity contribution in [3.63, 3.8) is 0 Å². The van der Waals surface area contributed by atoms with Crippen LogP contribution in [0.2, 0.25) is 5.02 Å². The van der Waals surface area contributed by atoms with E-state index in [0.717, 1.165) is 12.0 Å². The minimum absolute atomic E-state index is 0.294. The second-order valence-corrected chi connectivity index (χ2v) is 6.04. The van der Waals surface area contributed by atoms with Gasteiger partial charge in [-0.2, -0.15) is 0 Å². The number of carboxylic acids is 1. The molecule has 2 heterocycles. The van der Waals surface area contributed by atoms with E-state index in [-0.39, 0.29) is 18.1 Å². The van der Waals surface area contributed by atoms with Gasteiger partial charge in [0.05, 0.1) is 24.0 Å². The average Bonchev–Trinajstić information content (AvgIpc) is 3.03. The number of ether oxygens (including phenoxy) is 1. The number of carbonyl (C=O) groups excluding carboxylic acids is 1. The van der Waals surface area contributed by atoms with E-state index in [2.05, 4.69) is 5.32 Å². The summed E-state index contributed by atoms with van der Waals surface area (Å²) in [6.07, 6.45) is 0.810. The van der Waals surface area contributed by atoms with E-state index in [0.29, 0.717) is 17.1 Å². The number of fused-ring (bicyclic) bond motifs is 2. The fourth-order valence-electron chi connectivity index (χ4n) is 3.22. The molecule has 0 spiro atoms. The molecule has 6 heteroatoms. The molecule has 2 aliphatic heterocycles. The van der Waals surface area contributed by atoms with Gasteiger partial charge in [0.25, 0.3) is 0 Å². The van der Waals surface area contributed by atoms with E-state index < -0.39 is 17.8 Å². The number of aliphatic carboxylic acids is 1. The molecule has 2 aliphatic rings. The van der Waals surface area contributed by atoms with Crippen molar-refractivity contribution in [1.29, 1.82) is 0 Å². The highest BCUT2D eigenvalue weighted by Crippen LogP contribution is 2.44. The van der Waals surface area contributed by atoms with Crippen LogP contribution in [0.4, 0.5) is 5.69 Å². The molecule has 112 valence electrons. The zero-order valence-corrected chi connectivity index (χ0v) is 12.3. The van der Waals surface area contributed by atoms with Crippen LogP contribution in [0.25, 0.3) is 0 Å². The molecule has 4 atom stereocenters. The first-order chi connectivity index (χ1) is 9.97. The first-order valence-corrected chi connectivity index (χ1v) is 7.30. The van der Waals surface area contributed by atoms with Crippen molar-refractivity contribution in [2.45, 2.75) is 32.0 Å². The molecule has 0 aromatic heterocycles. The normalized spacial score (nSPS) is 30.4. The molecule has 0 unspecified atom stereocenters. The van der Waals surface area contributed by atoms with Gasteiger partial charge in [-0.1, -0.05) is 17.7 Å². The summed E-state index contributed by atoms with van der Waals surface area (Å²) >= 11 is 6.03. The SMILES string of the molecule is Cc1ccc(NC(=O)[C@@H]2[C@@H](C(=O)O)[C@H]3CC[C@H]2O3)cc1Cl. The van der Waals surface area contributed by atoms with Gasteiger partial charge in [-0.25, -0.2) is 0 Å². The Hall–Kier alpha value is -1.59. The molecule has 3 rings (SSSR count). The van der Waals surface area contributed by atoms with Gasteiger partial charge in [-0.3, -0.25) is 9.59 Å². The molecule has 1 aromatic carbocycles. The first kappa shape index (κ1) is 14.4. The molecule has 2 fully saturated rings. The van der Waals surface area contributed by atoms with Crippen LogP contribution in [0.15, 0.2) is 18.2 Å². The predicted molar refractivity (Wildman–Crippen MR) is 77.3 cm³/mol. The lowest BCUT2D eigenvalue weighted by Crippen LogP contribution is -2.40. The standard InChI is InChI=1S/C15H16ClNO4/c1-7-2-3-8(6-9(7)16)17-14(18)12-10-4-5-11(21-10)13(12)15(19)20/h2-3,6,10-13H,4-5H2,1H3,(H,17,18)(H,19,20)/t10-,11-,12+,13+/m1/s1. The summed E-state index contributed by atoms with van der Waals surface area (Å²) in [4.78, 5) is 23.8. The Labute approximate surface area is 127 Å². The highest BCUT2D eigenvalue weighted by atomic mass is 35.5. The van der Waals surface area contributed by atoms with Gasteiger partial charge in [-0.05, 0) is 37.5 Å². The zero-order chi connectivity index (χ0) is 15.1. The molecule has 2 N–H and O–H groups in total. The van der Waals surface area contributed by atoms with Crippen molar-refractivity contribution in [3.05, 3.63) is 28.8 Å². The van der Waals surface area contributed by atoms with Crippen LogP contribution >= 0.6 is 11.6 Å². The minimum Gasteiger partial charge on any atom is -0.481 e. The highest BCUT2D eigenvalue weighted by molar-refractivity contribution is 6.31. The van der Waals surface area contributed by atoms with E-state index in [1.54, 1.807) is 12.1 Å². The first-order valence-electron chi connectivity index (χ1n) is 6.92. The summed E-state index contributed by atoms with van der Waals surface area (Å²) in [5.41, 5.74) is 1.49. The maximum Gasteiger partial charge on any atom is 0.310 e. The number of hydrogen-bond donors (Lipinski definition) is 2. The van der Waals surface area contributed by atoms with E-state index in [1.807, 2.05) is 13.0 Å². The minimum atomic E-state index is -0.968. The second kappa shape index (κ2) is 5.31. The van der Waals surface area contributed by atoms with Crippen molar-refractivity contribution < 1.29 is 19.4 Å².